The number of carbonyl (C=O) groups excluding carboxylic acids is 1. The number of carbonyl (C=O) groups is 1. The molecule has 1 saturated heterocycles. The summed E-state index contributed by atoms with van der Waals surface area (Å²) in [5.41, 5.74) is 0.447. The first kappa shape index (κ1) is 18.1. The van der Waals surface area contributed by atoms with Gasteiger partial charge in [-0.3, -0.25) is 4.79 Å². The molecular formula is C18H21N5O2S. The van der Waals surface area contributed by atoms with Gasteiger partial charge in [-0.2, -0.15) is 10.2 Å². The summed E-state index contributed by atoms with van der Waals surface area (Å²) < 4.78 is 5.64. The van der Waals surface area contributed by atoms with Gasteiger partial charge in [-0.05, 0) is 17.9 Å². The van der Waals surface area contributed by atoms with Gasteiger partial charge in [0.05, 0.1) is 12.2 Å². The van der Waals surface area contributed by atoms with Gasteiger partial charge in [0.2, 0.25) is 11.8 Å². The van der Waals surface area contributed by atoms with Crippen LogP contribution < -0.4 is 9.64 Å². The van der Waals surface area contributed by atoms with E-state index in [4.69, 9.17) is 10.00 Å². The zero-order chi connectivity index (χ0) is 18.4. The van der Waals surface area contributed by atoms with Crippen LogP contribution in [0.4, 0.5) is 5.95 Å². The van der Waals surface area contributed by atoms with Crippen molar-refractivity contribution >= 4 is 23.2 Å². The number of ether oxygens (including phenoxy) is 1. The minimum absolute atomic E-state index is 0.0752. The van der Waals surface area contributed by atoms with Gasteiger partial charge in [0.15, 0.2) is 0 Å². The minimum Gasteiger partial charge on any atom is -0.478 e. The molecule has 1 fully saturated rings. The molecule has 26 heavy (non-hydrogen) atoms. The monoisotopic (exact) mass is 371 g/mol. The van der Waals surface area contributed by atoms with Crippen molar-refractivity contribution < 1.29 is 9.53 Å². The number of nitrogens with zero attached hydrogens (tertiary/aromatic N) is 5. The minimum atomic E-state index is -0.0752. The van der Waals surface area contributed by atoms with E-state index in [0.717, 1.165) is 12.8 Å². The number of nitriles is 1. The molecule has 3 rings (SSSR count). The third-order valence-corrected chi connectivity index (χ3v) is 5.10. The molecule has 8 heteroatoms. The number of thiophene rings is 1. The van der Waals surface area contributed by atoms with Crippen LogP contribution in [0, 0.1) is 11.3 Å². The van der Waals surface area contributed by atoms with Crippen LogP contribution in [0.25, 0.3) is 0 Å². The van der Waals surface area contributed by atoms with Gasteiger partial charge >= 0.3 is 0 Å². The molecule has 136 valence electrons. The molecule has 0 atom stereocenters. The van der Waals surface area contributed by atoms with Crippen LogP contribution in [-0.4, -0.2) is 53.6 Å². The Kier molecular flexibility index (Phi) is 6.02. The Bertz CT molecular complexity index is 793. The highest BCUT2D eigenvalue weighted by molar-refractivity contribution is 7.12. The van der Waals surface area contributed by atoms with Crippen molar-refractivity contribution in [2.75, 3.05) is 37.7 Å². The van der Waals surface area contributed by atoms with Crippen molar-refractivity contribution in [1.82, 2.24) is 14.9 Å². The number of piperazine rings is 1. The van der Waals surface area contributed by atoms with E-state index in [2.05, 4.69) is 27.9 Å². The molecule has 3 heterocycles. The van der Waals surface area contributed by atoms with E-state index in [1.807, 2.05) is 0 Å². The highest BCUT2D eigenvalue weighted by Crippen LogP contribution is 2.20. The van der Waals surface area contributed by atoms with Crippen LogP contribution >= 0.6 is 11.3 Å². The van der Waals surface area contributed by atoms with Crippen LogP contribution in [0.5, 0.6) is 5.88 Å². The normalized spacial score (nSPS) is 14.2. The lowest BCUT2D eigenvalue weighted by molar-refractivity contribution is 0.0750. The highest BCUT2D eigenvalue weighted by Gasteiger charge is 2.25. The van der Waals surface area contributed by atoms with Crippen molar-refractivity contribution in [2.45, 2.75) is 19.8 Å². The molecule has 2 aromatic heterocycles. The van der Waals surface area contributed by atoms with E-state index >= 15 is 0 Å². The lowest BCUT2D eigenvalue weighted by atomic mass is 10.2. The number of hydrogen-bond donors (Lipinski definition) is 0. The Morgan fingerprint density at radius 1 is 1.35 bits per heavy atom. The number of rotatable bonds is 6. The fourth-order valence-electron chi connectivity index (χ4n) is 2.70. The Morgan fingerprint density at radius 2 is 2.15 bits per heavy atom. The standard InChI is InChI=1S/C18H21N5O2S/c1-2-3-11-25-15-4-6-20-18(21-15)23-9-7-22(8-10-23)17(24)16-14(13-19)5-12-26-16/h4-6,12H,2-3,7-11H2,1H3. The third-order valence-electron chi connectivity index (χ3n) is 4.19. The summed E-state index contributed by atoms with van der Waals surface area (Å²) in [7, 11) is 0. The van der Waals surface area contributed by atoms with Crippen molar-refractivity contribution in [2.24, 2.45) is 0 Å². The number of anilines is 1. The molecule has 1 aliphatic heterocycles. The Hall–Kier alpha value is -2.66. The smallest absolute Gasteiger partial charge is 0.265 e. The van der Waals surface area contributed by atoms with Crippen molar-refractivity contribution in [3.8, 4) is 11.9 Å². The topological polar surface area (TPSA) is 82.4 Å². The third kappa shape index (κ3) is 4.11. The predicted molar refractivity (Wildman–Crippen MR) is 99.6 cm³/mol. The molecule has 0 aliphatic carbocycles. The van der Waals surface area contributed by atoms with E-state index < -0.39 is 0 Å². The molecule has 0 saturated carbocycles. The number of aromatic nitrogens is 2. The van der Waals surface area contributed by atoms with Crippen molar-refractivity contribution in [3.63, 3.8) is 0 Å². The summed E-state index contributed by atoms with van der Waals surface area (Å²) in [4.78, 5) is 25.7. The van der Waals surface area contributed by atoms with Gasteiger partial charge in [-0.15, -0.1) is 11.3 Å². The highest BCUT2D eigenvalue weighted by atomic mass is 32.1. The summed E-state index contributed by atoms with van der Waals surface area (Å²) in [6, 6.07) is 5.53. The predicted octanol–water partition coefficient (Wildman–Crippen LogP) is 2.55. The summed E-state index contributed by atoms with van der Waals surface area (Å²) >= 11 is 1.32. The molecule has 0 N–H and O–H groups in total. The van der Waals surface area contributed by atoms with Crippen LogP contribution in [0.15, 0.2) is 23.7 Å². The molecule has 0 aromatic carbocycles. The first-order valence-electron chi connectivity index (χ1n) is 8.70. The zero-order valence-electron chi connectivity index (χ0n) is 14.7. The Morgan fingerprint density at radius 3 is 2.88 bits per heavy atom. The first-order chi connectivity index (χ1) is 12.7. The van der Waals surface area contributed by atoms with Gasteiger partial charge < -0.3 is 14.5 Å². The summed E-state index contributed by atoms with van der Waals surface area (Å²) in [6.45, 7) is 5.22. The van der Waals surface area contributed by atoms with E-state index in [1.54, 1.807) is 28.6 Å². The fraction of sp³-hybridized carbons (Fsp3) is 0.444. The second-order valence-corrected chi connectivity index (χ2v) is 6.87. The SMILES string of the molecule is CCCCOc1ccnc(N2CCN(C(=O)c3sccc3C#N)CC2)n1. The maximum Gasteiger partial charge on any atom is 0.265 e. The van der Waals surface area contributed by atoms with E-state index in [9.17, 15) is 4.79 Å². The summed E-state index contributed by atoms with van der Waals surface area (Å²) in [6.07, 6.45) is 3.77. The van der Waals surface area contributed by atoms with E-state index in [1.165, 1.54) is 11.3 Å². The maximum absolute atomic E-state index is 12.6. The molecule has 0 bridgehead atoms. The van der Waals surface area contributed by atoms with Gasteiger partial charge in [-0.1, -0.05) is 13.3 Å². The fourth-order valence-corrected chi connectivity index (χ4v) is 3.51. The molecule has 0 spiro atoms. The molecule has 0 unspecified atom stereocenters. The average molecular weight is 371 g/mol. The lowest BCUT2D eigenvalue weighted by Crippen LogP contribution is -2.49. The lowest BCUT2D eigenvalue weighted by Gasteiger charge is -2.34. The average Bonchev–Trinajstić information content (AvgIpc) is 3.17. The summed E-state index contributed by atoms with van der Waals surface area (Å²) in [5, 5.41) is 10.9. The number of amides is 1. The van der Waals surface area contributed by atoms with Crippen LogP contribution in [0.1, 0.15) is 35.0 Å². The largest absolute Gasteiger partial charge is 0.478 e. The Labute approximate surface area is 156 Å². The van der Waals surface area contributed by atoms with Gasteiger partial charge in [0.25, 0.3) is 5.91 Å². The van der Waals surface area contributed by atoms with Gasteiger partial charge in [0.1, 0.15) is 10.9 Å². The van der Waals surface area contributed by atoms with Crippen molar-refractivity contribution in [3.05, 3.63) is 34.2 Å². The summed E-state index contributed by atoms with van der Waals surface area (Å²) in [5.74, 6) is 1.13. The second kappa shape index (κ2) is 8.63. The van der Waals surface area contributed by atoms with Gasteiger partial charge in [0, 0.05) is 38.4 Å². The van der Waals surface area contributed by atoms with Crippen LogP contribution in [-0.2, 0) is 0 Å². The molecular weight excluding hydrogens is 350 g/mol. The Balaban J connectivity index is 1.59. The maximum atomic E-state index is 12.6. The second-order valence-electron chi connectivity index (χ2n) is 5.95. The quantitative estimate of drug-likeness (QED) is 0.726. The zero-order valence-corrected chi connectivity index (χ0v) is 15.5. The number of hydrogen-bond acceptors (Lipinski definition) is 7. The molecule has 1 aliphatic rings. The molecule has 1 amide bonds. The molecule has 0 radical (unpaired) electrons. The first-order valence-corrected chi connectivity index (χ1v) is 9.58. The van der Waals surface area contributed by atoms with Gasteiger partial charge in [-0.25, -0.2) is 4.98 Å². The number of unbranched alkanes of at least 4 members (excludes halogenated alkanes) is 1. The van der Waals surface area contributed by atoms with Crippen LogP contribution in [0.2, 0.25) is 0 Å². The van der Waals surface area contributed by atoms with E-state index in [0.29, 0.717) is 55.1 Å². The van der Waals surface area contributed by atoms with Crippen LogP contribution in [0.3, 0.4) is 0 Å². The van der Waals surface area contributed by atoms with Crippen molar-refractivity contribution in [1.29, 1.82) is 5.26 Å². The molecule has 2 aromatic rings. The molecule has 7 nitrogen and oxygen atoms in total. The van der Waals surface area contributed by atoms with E-state index in [-0.39, 0.29) is 5.91 Å².